The summed E-state index contributed by atoms with van der Waals surface area (Å²) in [5.74, 6) is -1.67. The summed E-state index contributed by atoms with van der Waals surface area (Å²) in [6.07, 6.45) is 2.15. The van der Waals surface area contributed by atoms with Gasteiger partial charge in [-0.15, -0.1) is 0 Å². The maximum absolute atomic E-state index is 12.2. The minimum Gasteiger partial charge on any atom is -0.347 e. The number of benzene rings is 2. The van der Waals surface area contributed by atoms with Crippen LogP contribution in [0.4, 0.5) is 11.4 Å². The van der Waals surface area contributed by atoms with Gasteiger partial charge in [-0.1, -0.05) is 18.2 Å². The lowest BCUT2D eigenvalue weighted by Gasteiger charge is -2.29. The van der Waals surface area contributed by atoms with Gasteiger partial charge in [-0.3, -0.25) is 14.4 Å². The van der Waals surface area contributed by atoms with E-state index in [4.69, 9.17) is 5.14 Å². The van der Waals surface area contributed by atoms with Gasteiger partial charge in [0.2, 0.25) is 15.9 Å². The SMILES string of the molecule is CC(=O)N1CCCc2ccc(NC(=O)C(=O)NCCc3ccc(S(N)(=O)=O)cc3)cc21. The predicted molar refractivity (Wildman–Crippen MR) is 116 cm³/mol. The van der Waals surface area contributed by atoms with Crippen molar-refractivity contribution in [1.82, 2.24) is 5.32 Å². The number of rotatable bonds is 5. The maximum Gasteiger partial charge on any atom is 0.313 e. The molecule has 0 atom stereocenters. The van der Waals surface area contributed by atoms with Crippen molar-refractivity contribution in [2.24, 2.45) is 5.14 Å². The molecule has 2 aromatic carbocycles. The highest BCUT2D eigenvalue weighted by Gasteiger charge is 2.21. The molecule has 1 heterocycles. The number of amides is 3. The lowest BCUT2D eigenvalue weighted by atomic mass is 10.0. The third-order valence-electron chi connectivity index (χ3n) is 5.00. The molecule has 4 N–H and O–H groups in total. The molecule has 1 aliphatic rings. The van der Waals surface area contributed by atoms with Crippen molar-refractivity contribution in [3.63, 3.8) is 0 Å². The predicted octanol–water partition coefficient (Wildman–Crippen LogP) is 0.931. The van der Waals surface area contributed by atoms with Crippen molar-refractivity contribution in [2.75, 3.05) is 23.3 Å². The summed E-state index contributed by atoms with van der Waals surface area (Å²) < 4.78 is 22.5. The van der Waals surface area contributed by atoms with Gasteiger partial charge in [0.05, 0.1) is 4.90 Å². The fourth-order valence-corrected chi connectivity index (χ4v) is 3.93. The second kappa shape index (κ2) is 9.27. The van der Waals surface area contributed by atoms with Crippen LogP contribution in [0.5, 0.6) is 0 Å². The van der Waals surface area contributed by atoms with E-state index in [1.165, 1.54) is 19.1 Å². The maximum atomic E-state index is 12.2. The molecule has 3 rings (SSSR count). The van der Waals surface area contributed by atoms with E-state index < -0.39 is 21.8 Å². The zero-order valence-electron chi connectivity index (χ0n) is 17.1. The topological polar surface area (TPSA) is 139 Å². The number of anilines is 2. The Labute approximate surface area is 180 Å². The van der Waals surface area contributed by atoms with Crippen molar-refractivity contribution < 1.29 is 22.8 Å². The number of carbonyl (C=O) groups excluding carboxylic acids is 3. The number of carbonyl (C=O) groups is 3. The molecule has 0 fully saturated rings. The molecule has 0 aromatic heterocycles. The van der Waals surface area contributed by atoms with E-state index in [2.05, 4.69) is 10.6 Å². The third-order valence-corrected chi connectivity index (χ3v) is 5.93. The molecule has 10 heteroatoms. The van der Waals surface area contributed by atoms with Crippen LogP contribution in [-0.2, 0) is 37.2 Å². The quantitative estimate of drug-likeness (QED) is 0.589. The van der Waals surface area contributed by atoms with Crippen molar-refractivity contribution in [2.45, 2.75) is 31.1 Å². The molecule has 9 nitrogen and oxygen atoms in total. The molecule has 164 valence electrons. The van der Waals surface area contributed by atoms with Crippen LogP contribution in [0.3, 0.4) is 0 Å². The van der Waals surface area contributed by atoms with Gasteiger partial charge < -0.3 is 15.5 Å². The number of hydrogen-bond donors (Lipinski definition) is 3. The molecule has 31 heavy (non-hydrogen) atoms. The van der Waals surface area contributed by atoms with Crippen LogP contribution in [0.15, 0.2) is 47.4 Å². The van der Waals surface area contributed by atoms with Crippen molar-refractivity contribution >= 4 is 39.1 Å². The average molecular weight is 445 g/mol. The molecule has 0 saturated heterocycles. The van der Waals surface area contributed by atoms with E-state index in [-0.39, 0.29) is 17.3 Å². The van der Waals surface area contributed by atoms with Gasteiger partial charge in [-0.05, 0) is 54.7 Å². The van der Waals surface area contributed by atoms with Gasteiger partial charge in [0.25, 0.3) is 0 Å². The number of hydrogen-bond acceptors (Lipinski definition) is 5. The molecule has 0 unspecified atom stereocenters. The fraction of sp³-hybridized carbons (Fsp3) is 0.286. The molecule has 3 amide bonds. The standard InChI is InChI=1S/C21H24N4O5S/c1-14(26)25-12-2-3-16-6-7-17(13-19(16)25)24-21(28)20(27)23-11-10-15-4-8-18(9-5-15)31(22,29)30/h4-9,13H,2-3,10-12H2,1H3,(H,23,27)(H,24,28)(H2,22,29,30). The van der Waals surface area contributed by atoms with Crippen molar-refractivity contribution in [3.05, 3.63) is 53.6 Å². The fourth-order valence-electron chi connectivity index (χ4n) is 3.41. The molecule has 0 spiro atoms. The van der Waals surface area contributed by atoms with Gasteiger partial charge in [0.1, 0.15) is 0 Å². The van der Waals surface area contributed by atoms with Gasteiger partial charge in [-0.25, -0.2) is 13.6 Å². The summed E-state index contributed by atoms with van der Waals surface area (Å²) in [6.45, 7) is 2.32. The normalized spacial score (nSPS) is 13.3. The molecule has 0 aliphatic carbocycles. The highest BCUT2D eigenvalue weighted by atomic mass is 32.2. The first kappa shape index (κ1) is 22.4. The summed E-state index contributed by atoms with van der Waals surface area (Å²) >= 11 is 0. The van der Waals surface area contributed by atoms with Crippen molar-refractivity contribution in [1.29, 1.82) is 0 Å². The Balaban J connectivity index is 1.55. The lowest BCUT2D eigenvalue weighted by Crippen LogP contribution is -2.37. The highest BCUT2D eigenvalue weighted by Crippen LogP contribution is 2.30. The van der Waals surface area contributed by atoms with E-state index in [0.717, 1.165) is 29.7 Å². The average Bonchev–Trinajstić information content (AvgIpc) is 2.72. The van der Waals surface area contributed by atoms with Gasteiger partial charge >= 0.3 is 11.8 Å². The number of aryl methyl sites for hydroxylation is 1. The first-order valence-corrected chi connectivity index (χ1v) is 11.3. The third kappa shape index (κ3) is 5.68. The molecule has 1 aliphatic heterocycles. The molecular weight excluding hydrogens is 420 g/mol. The Morgan fingerprint density at radius 3 is 2.42 bits per heavy atom. The van der Waals surface area contributed by atoms with E-state index in [0.29, 0.717) is 18.7 Å². The second-order valence-corrected chi connectivity index (χ2v) is 8.83. The first-order valence-electron chi connectivity index (χ1n) is 9.77. The summed E-state index contributed by atoms with van der Waals surface area (Å²) in [4.78, 5) is 37.8. The van der Waals surface area contributed by atoms with E-state index in [1.807, 2.05) is 6.07 Å². The molecule has 2 aromatic rings. The van der Waals surface area contributed by atoms with E-state index in [9.17, 15) is 22.8 Å². The Kier molecular flexibility index (Phi) is 6.71. The van der Waals surface area contributed by atoms with Gasteiger partial charge in [0, 0.05) is 31.4 Å². The molecule has 0 saturated carbocycles. The van der Waals surface area contributed by atoms with Crippen LogP contribution in [0.1, 0.15) is 24.5 Å². The largest absolute Gasteiger partial charge is 0.347 e. The van der Waals surface area contributed by atoms with Gasteiger partial charge in [-0.2, -0.15) is 0 Å². The number of nitrogens with one attached hydrogen (secondary N) is 2. The zero-order chi connectivity index (χ0) is 22.6. The minimum absolute atomic E-state index is 0.00746. The van der Waals surface area contributed by atoms with Gasteiger partial charge in [0.15, 0.2) is 0 Å². The Hall–Kier alpha value is -3.24. The highest BCUT2D eigenvalue weighted by molar-refractivity contribution is 7.89. The minimum atomic E-state index is -3.75. The number of primary sulfonamides is 1. The second-order valence-electron chi connectivity index (χ2n) is 7.27. The van der Waals surface area contributed by atoms with Crippen LogP contribution in [0.2, 0.25) is 0 Å². The number of nitrogens with zero attached hydrogens (tertiary/aromatic N) is 1. The monoisotopic (exact) mass is 444 g/mol. The zero-order valence-corrected chi connectivity index (χ0v) is 17.9. The summed E-state index contributed by atoms with van der Waals surface area (Å²) in [5, 5.41) is 10.1. The molecule has 0 bridgehead atoms. The Morgan fingerprint density at radius 2 is 1.77 bits per heavy atom. The number of fused-ring (bicyclic) bond motifs is 1. The summed E-state index contributed by atoms with van der Waals surface area (Å²) in [6, 6.07) is 11.2. The summed E-state index contributed by atoms with van der Waals surface area (Å²) in [7, 11) is -3.75. The van der Waals surface area contributed by atoms with E-state index in [1.54, 1.807) is 29.2 Å². The Bertz CT molecular complexity index is 1110. The van der Waals surface area contributed by atoms with Crippen molar-refractivity contribution in [3.8, 4) is 0 Å². The van der Waals surface area contributed by atoms with Crippen LogP contribution in [0, 0.1) is 0 Å². The number of sulfonamides is 1. The smallest absolute Gasteiger partial charge is 0.313 e. The van der Waals surface area contributed by atoms with Crippen LogP contribution in [0.25, 0.3) is 0 Å². The molecule has 0 radical (unpaired) electrons. The van der Waals surface area contributed by atoms with E-state index >= 15 is 0 Å². The number of nitrogens with two attached hydrogens (primary N) is 1. The van der Waals surface area contributed by atoms with Crippen LogP contribution in [-0.4, -0.2) is 39.2 Å². The Morgan fingerprint density at radius 1 is 1.06 bits per heavy atom. The van der Waals surface area contributed by atoms with Crippen LogP contribution >= 0.6 is 0 Å². The first-order chi connectivity index (χ1) is 14.6. The van der Waals surface area contributed by atoms with Crippen LogP contribution < -0.4 is 20.7 Å². The lowest BCUT2D eigenvalue weighted by molar-refractivity contribution is -0.136. The summed E-state index contributed by atoms with van der Waals surface area (Å²) in [5.41, 5.74) is 3.00. The molecular formula is C21H24N4O5S.